The summed E-state index contributed by atoms with van der Waals surface area (Å²) in [4.78, 5) is 14.4. The maximum absolute atomic E-state index is 12.0. The Morgan fingerprint density at radius 2 is 1.95 bits per heavy atom. The van der Waals surface area contributed by atoms with E-state index in [2.05, 4.69) is 30.5 Å². The molecule has 21 heavy (non-hydrogen) atoms. The molecular weight excluding hydrogens is 282 g/mol. The van der Waals surface area contributed by atoms with E-state index in [0.29, 0.717) is 11.3 Å². The molecule has 2 rings (SSSR count). The highest BCUT2D eigenvalue weighted by atomic mass is 32.1. The molecule has 4 nitrogen and oxygen atoms in total. The highest BCUT2D eigenvalue weighted by Gasteiger charge is 2.13. The number of benzene rings is 1. The highest BCUT2D eigenvalue weighted by Crippen LogP contribution is 2.26. The minimum absolute atomic E-state index is 0.0478. The van der Waals surface area contributed by atoms with E-state index in [1.807, 2.05) is 13.0 Å². The molecule has 0 saturated carbocycles. The van der Waals surface area contributed by atoms with Gasteiger partial charge >= 0.3 is 6.03 Å². The van der Waals surface area contributed by atoms with Crippen LogP contribution in [0, 0.1) is 25.2 Å². The second-order valence-corrected chi connectivity index (χ2v) is 6.34. The van der Waals surface area contributed by atoms with Crippen molar-refractivity contribution in [3.8, 4) is 6.07 Å². The van der Waals surface area contributed by atoms with E-state index in [9.17, 15) is 4.79 Å². The van der Waals surface area contributed by atoms with Gasteiger partial charge in [0.15, 0.2) is 0 Å². The van der Waals surface area contributed by atoms with Crippen molar-refractivity contribution in [1.29, 1.82) is 5.26 Å². The minimum atomic E-state index is -0.254. The number of anilines is 1. The summed E-state index contributed by atoms with van der Waals surface area (Å²) in [7, 11) is 0. The largest absolute Gasteiger partial charge is 0.331 e. The smallest absolute Gasteiger partial charge is 0.319 e. The lowest BCUT2D eigenvalue weighted by atomic mass is 10.1. The third-order valence-electron chi connectivity index (χ3n) is 3.17. The molecule has 108 valence electrons. The van der Waals surface area contributed by atoms with Crippen LogP contribution in [-0.2, 0) is 0 Å². The molecular formula is C16H17N3OS. The monoisotopic (exact) mass is 299 g/mol. The number of carbonyl (C=O) groups is 1. The Kier molecular flexibility index (Phi) is 4.61. The number of carbonyl (C=O) groups excluding carboxylic acids is 1. The van der Waals surface area contributed by atoms with Gasteiger partial charge < -0.3 is 10.6 Å². The van der Waals surface area contributed by atoms with Crippen LogP contribution in [0.5, 0.6) is 0 Å². The van der Waals surface area contributed by atoms with Gasteiger partial charge in [0.25, 0.3) is 0 Å². The lowest BCUT2D eigenvalue weighted by Gasteiger charge is -2.14. The summed E-state index contributed by atoms with van der Waals surface area (Å²) in [5.74, 6) is 0. The molecule has 1 atom stereocenters. The van der Waals surface area contributed by atoms with Gasteiger partial charge in [-0.3, -0.25) is 0 Å². The van der Waals surface area contributed by atoms with Crippen LogP contribution in [0.3, 0.4) is 0 Å². The fourth-order valence-corrected chi connectivity index (χ4v) is 3.17. The first-order valence-electron chi connectivity index (χ1n) is 6.64. The molecule has 0 unspecified atom stereocenters. The third kappa shape index (κ3) is 3.83. The first-order chi connectivity index (χ1) is 9.99. The summed E-state index contributed by atoms with van der Waals surface area (Å²) in [5.41, 5.74) is 2.38. The summed E-state index contributed by atoms with van der Waals surface area (Å²) in [5, 5.41) is 14.4. The maximum Gasteiger partial charge on any atom is 0.319 e. The first-order valence-corrected chi connectivity index (χ1v) is 7.46. The minimum Gasteiger partial charge on any atom is -0.331 e. The zero-order valence-corrected chi connectivity index (χ0v) is 13.0. The number of hydrogen-bond donors (Lipinski definition) is 2. The molecule has 0 saturated heterocycles. The summed E-state index contributed by atoms with van der Waals surface area (Å²) >= 11 is 1.73. The standard InChI is InChI=1S/C16H17N3OS/c1-10-8-15(12(3)21-10)11(2)18-16(20)19-14-6-4-13(9-17)5-7-14/h4-8,11H,1-3H3,(H2,18,19,20)/t11-/m1/s1. The summed E-state index contributed by atoms with van der Waals surface area (Å²) < 4.78 is 0. The molecule has 5 heteroatoms. The number of nitrogens with zero attached hydrogens (tertiary/aromatic N) is 1. The Hall–Kier alpha value is -2.32. The molecule has 2 N–H and O–H groups in total. The Bertz CT molecular complexity index is 683. The second kappa shape index (κ2) is 6.42. The van der Waals surface area contributed by atoms with Gasteiger partial charge in [-0.05, 0) is 56.7 Å². The van der Waals surface area contributed by atoms with Crippen LogP contribution in [0.1, 0.15) is 33.8 Å². The van der Waals surface area contributed by atoms with Gasteiger partial charge in [0, 0.05) is 15.4 Å². The van der Waals surface area contributed by atoms with Gasteiger partial charge in [-0.15, -0.1) is 11.3 Å². The number of thiophene rings is 1. The fourth-order valence-electron chi connectivity index (χ4n) is 2.15. The second-order valence-electron chi connectivity index (χ2n) is 4.88. The number of aryl methyl sites for hydroxylation is 2. The van der Waals surface area contributed by atoms with Crippen LogP contribution in [0.15, 0.2) is 30.3 Å². The van der Waals surface area contributed by atoms with Gasteiger partial charge in [0.1, 0.15) is 0 Å². The van der Waals surface area contributed by atoms with Crippen LogP contribution in [-0.4, -0.2) is 6.03 Å². The molecule has 1 aromatic heterocycles. The average Bonchev–Trinajstić information content (AvgIpc) is 2.78. The highest BCUT2D eigenvalue weighted by molar-refractivity contribution is 7.12. The summed E-state index contributed by atoms with van der Waals surface area (Å²) in [6.45, 7) is 6.08. The quantitative estimate of drug-likeness (QED) is 0.895. The number of urea groups is 1. The van der Waals surface area contributed by atoms with Crippen LogP contribution >= 0.6 is 11.3 Å². The average molecular weight is 299 g/mol. The number of nitrogens with one attached hydrogen (secondary N) is 2. The Labute approximate surface area is 128 Å². The molecule has 0 radical (unpaired) electrons. The van der Waals surface area contributed by atoms with E-state index in [4.69, 9.17) is 5.26 Å². The molecule has 0 aliphatic carbocycles. The SMILES string of the molecule is Cc1cc([C@@H](C)NC(=O)Nc2ccc(C#N)cc2)c(C)s1. The molecule has 2 amide bonds. The molecule has 1 aromatic carbocycles. The maximum atomic E-state index is 12.0. The van der Waals surface area contributed by atoms with Crippen LogP contribution in [0.2, 0.25) is 0 Å². The third-order valence-corrected chi connectivity index (χ3v) is 4.15. The Morgan fingerprint density at radius 1 is 1.29 bits per heavy atom. The van der Waals surface area contributed by atoms with E-state index >= 15 is 0 Å². The van der Waals surface area contributed by atoms with Crippen molar-refractivity contribution < 1.29 is 4.79 Å². The van der Waals surface area contributed by atoms with E-state index < -0.39 is 0 Å². The predicted molar refractivity (Wildman–Crippen MR) is 85.5 cm³/mol. The molecule has 0 aliphatic rings. The zero-order chi connectivity index (χ0) is 15.4. The summed E-state index contributed by atoms with van der Waals surface area (Å²) in [6.07, 6.45) is 0. The molecule has 1 heterocycles. The van der Waals surface area contributed by atoms with Crippen molar-refractivity contribution in [1.82, 2.24) is 5.32 Å². The number of amides is 2. The summed E-state index contributed by atoms with van der Waals surface area (Å²) in [6, 6.07) is 10.6. The van der Waals surface area contributed by atoms with Crippen LogP contribution < -0.4 is 10.6 Å². The van der Waals surface area contributed by atoms with Crippen LogP contribution in [0.4, 0.5) is 10.5 Å². The normalized spacial score (nSPS) is 11.5. The van der Waals surface area contributed by atoms with Crippen molar-refractivity contribution in [2.75, 3.05) is 5.32 Å². The van der Waals surface area contributed by atoms with Gasteiger partial charge in [0.2, 0.25) is 0 Å². The van der Waals surface area contributed by atoms with Crippen molar-refractivity contribution in [3.63, 3.8) is 0 Å². The van der Waals surface area contributed by atoms with E-state index in [0.717, 1.165) is 5.56 Å². The Morgan fingerprint density at radius 3 is 2.48 bits per heavy atom. The van der Waals surface area contributed by atoms with Gasteiger partial charge in [-0.1, -0.05) is 0 Å². The van der Waals surface area contributed by atoms with Crippen molar-refractivity contribution >= 4 is 23.1 Å². The first kappa shape index (κ1) is 15.1. The predicted octanol–water partition coefficient (Wildman–Crippen LogP) is 4.12. The zero-order valence-electron chi connectivity index (χ0n) is 12.2. The number of nitriles is 1. The molecule has 0 bridgehead atoms. The lowest BCUT2D eigenvalue weighted by molar-refractivity contribution is 0.249. The van der Waals surface area contributed by atoms with Crippen LogP contribution in [0.25, 0.3) is 0 Å². The van der Waals surface area contributed by atoms with Gasteiger partial charge in [0.05, 0.1) is 17.7 Å². The van der Waals surface area contributed by atoms with Crippen molar-refractivity contribution in [3.05, 3.63) is 51.2 Å². The lowest BCUT2D eigenvalue weighted by Crippen LogP contribution is -2.31. The molecule has 0 aliphatic heterocycles. The van der Waals surface area contributed by atoms with Gasteiger partial charge in [-0.25, -0.2) is 4.79 Å². The Balaban J connectivity index is 1.98. The van der Waals surface area contributed by atoms with E-state index in [-0.39, 0.29) is 12.1 Å². The number of rotatable bonds is 3. The molecule has 0 spiro atoms. The number of hydrogen-bond acceptors (Lipinski definition) is 3. The van der Waals surface area contributed by atoms with Gasteiger partial charge in [-0.2, -0.15) is 5.26 Å². The molecule has 2 aromatic rings. The van der Waals surface area contributed by atoms with E-state index in [1.165, 1.54) is 9.75 Å². The van der Waals surface area contributed by atoms with Crippen molar-refractivity contribution in [2.24, 2.45) is 0 Å². The van der Waals surface area contributed by atoms with E-state index in [1.54, 1.807) is 35.6 Å². The molecule has 0 fully saturated rings. The topological polar surface area (TPSA) is 64.9 Å². The van der Waals surface area contributed by atoms with Crippen molar-refractivity contribution in [2.45, 2.75) is 26.8 Å². The fraction of sp³-hybridized carbons (Fsp3) is 0.250.